The van der Waals surface area contributed by atoms with Crippen molar-refractivity contribution in [3.8, 4) is 5.75 Å². The average Bonchev–Trinajstić information content (AvgIpc) is 3.09. The van der Waals surface area contributed by atoms with E-state index in [0.717, 1.165) is 25.7 Å². The normalized spacial score (nSPS) is 18.0. The fourth-order valence-electron chi connectivity index (χ4n) is 2.78. The SMILES string of the molecule is CCc1noc(C2CCCCN2C(=O)COc2ccccc2)n1. The van der Waals surface area contributed by atoms with Gasteiger partial charge < -0.3 is 14.2 Å². The third-order valence-electron chi connectivity index (χ3n) is 4.01. The fourth-order valence-corrected chi connectivity index (χ4v) is 2.78. The average molecular weight is 315 g/mol. The Balaban J connectivity index is 1.66. The summed E-state index contributed by atoms with van der Waals surface area (Å²) in [5.41, 5.74) is 0. The van der Waals surface area contributed by atoms with Crippen LogP contribution in [-0.2, 0) is 11.2 Å². The molecule has 1 aromatic heterocycles. The number of amides is 1. The lowest BCUT2D eigenvalue weighted by molar-refractivity contribution is -0.138. The second kappa shape index (κ2) is 7.26. The van der Waals surface area contributed by atoms with Crippen LogP contribution in [0.3, 0.4) is 0 Å². The van der Waals surface area contributed by atoms with Crippen LogP contribution in [0.2, 0.25) is 0 Å². The van der Waals surface area contributed by atoms with Crippen LogP contribution < -0.4 is 4.74 Å². The highest BCUT2D eigenvalue weighted by Crippen LogP contribution is 2.30. The van der Waals surface area contributed by atoms with Crippen LogP contribution in [-0.4, -0.2) is 34.1 Å². The monoisotopic (exact) mass is 315 g/mol. The van der Waals surface area contributed by atoms with Crippen LogP contribution in [0.25, 0.3) is 0 Å². The van der Waals surface area contributed by atoms with Crippen molar-refractivity contribution >= 4 is 5.91 Å². The zero-order valence-corrected chi connectivity index (χ0v) is 13.3. The van der Waals surface area contributed by atoms with E-state index in [4.69, 9.17) is 9.26 Å². The smallest absolute Gasteiger partial charge is 0.261 e. The zero-order chi connectivity index (χ0) is 16.1. The largest absolute Gasteiger partial charge is 0.484 e. The molecule has 1 aliphatic rings. The molecule has 2 aromatic rings. The second-order valence-electron chi connectivity index (χ2n) is 5.60. The number of carbonyl (C=O) groups is 1. The van der Waals surface area contributed by atoms with Crippen molar-refractivity contribution in [3.05, 3.63) is 42.0 Å². The van der Waals surface area contributed by atoms with Gasteiger partial charge in [-0.05, 0) is 31.4 Å². The van der Waals surface area contributed by atoms with E-state index in [1.54, 1.807) is 4.90 Å². The lowest BCUT2D eigenvalue weighted by Crippen LogP contribution is -2.41. The van der Waals surface area contributed by atoms with Gasteiger partial charge in [-0.25, -0.2) is 0 Å². The molecule has 6 nitrogen and oxygen atoms in total. The molecule has 6 heteroatoms. The summed E-state index contributed by atoms with van der Waals surface area (Å²) in [6.45, 7) is 2.70. The maximum absolute atomic E-state index is 12.5. The maximum Gasteiger partial charge on any atom is 0.261 e. The highest BCUT2D eigenvalue weighted by molar-refractivity contribution is 5.78. The van der Waals surface area contributed by atoms with Gasteiger partial charge in [0.15, 0.2) is 12.4 Å². The predicted molar refractivity (Wildman–Crippen MR) is 83.9 cm³/mol. The third-order valence-corrected chi connectivity index (χ3v) is 4.01. The Kier molecular flexibility index (Phi) is 4.90. The number of rotatable bonds is 5. The zero-order valence-electron chi connectivity index (χ0n) is 13.3. The number of aryl methyl sites for hydroxylation is 1. The Labute approximate surface area is 135 Å². The highest BCUT2D eigenvalue weighted by atomic mass is 16.5. The number of carbonyl (C=O) groups excluding carboxylic acids is 1. The number of piperidine rings is 1. The summed E-state index contributed by atoms with van der Waals surface area (Å²) in [7, 11) is 0. The lowest BCUT2D eigenvalue weighted by atomic mass is 10.0. The molecule has 23 heavy (non-hydrogen) atoms. The van der Waals surface area contributed by atoms with Gasteiger partial charge in [0.2, 0.25) is 5.89 Å². The van der Waals surface area contributed by atoms with Gasteiger partial charge >= 0.3 is 0 Å². The molecular weight excluding hydrogens is 294 g/mol. The van der Waals surface area contributed by atoms with E-state index in [9.17, 15) is 4.79 Å². The van der Waals surface area contributed by atoms with Gasteiger partial charge in [-0.2, -0.15) is 4.98 Å². The Morgan fingerprint density at radius 2 is 2.17 bits per heavy atom. The van der Waals surface area contributed by atoms with Gasteiger partial charge in [0.25, 0.3) is 5.91 Å². The van der Waals surface area contributed by atoms with Crippen LogP contribution >= 0.6 is 0 Å². The second-order valence-corrected chi connectivity index (χ2v) is 5.60. The van der Waals surface area contributed by atoms with E-state index in [2.05, 4.69) is 10.1 Å². The summed E-state index contributed by atoms with van der Waals surface area (Å²) >= 11 is 0. The van der Waals surface area contributed by atoms with E-state index in [1.165, 1.54) is 0 Å². The standard InChI is InChI=1S/C17H21N3O3/c1-2-15-18-17(23-19-15)14-10-6-7-11-20(14)16(21)12-22-13-8-4-3-5-9-13/h3-5,8-9,14H,2,6-7,10-12H2,1H3. The molecule has 0 saturated carbocycles. The Hall–Kier alpha value is -2.37. The summed E-state index contributed by atoms with van der Waals surface area (Å²) in [6, 6.07) is 9.22. The highest BCUT2D eigenvalue weighted by Gasteiger charge is 2.32. The molecule has 1 unspecified atom stereocenters. The van der Waals surface area contributed by atoms with Gasteiger partial charge in [-0.3, -0.25) is 4.79 Å². The van der Waals surface area contributed by atoms with Crippen molar-refractivity contribution in [3.63, 3.8) is 0 Å². The molecular formula is C17H21N3O3. The summed E-state index contributed by atoms with van der Waals surface area (Å²) < 4.78 is 10.9. The minimum atomic E-state index is -0.136. The Bertz CT molecular complexity index is 642. The number of hydrogen-bond donors (Lipinski definition) is 0. The van der Waals surface area contributed by atoms with Crippen LogP contribution in [0.4, 0.5) is 0 Å². The number of benzene rings is 1. The van der Waals surface area contributed by atoms with Crippen molar-refractivity contribution in [2.45, 2.75) is 38.6 Å². The first-order valence-electron chi connectivity index (χ1n) is 8.07. The molecule has 1 aromatic carbocycles. The first-order chi connectivity index (χ1) is 11.3. The molecule has 1 saturated heterocycles. The van der Waals surface area contributed by atoms with Crippen LogP contribution in [0.15, 0.2) is 34.9 Å². The molecule has 0 radical (unpaired) electrons. The molecule has 3 rings (SSSR count). The minimum absolute atomic E-state index is 0.0231. The molecule has 0 aliphatic carbocycles. The lowest BCUT2D eigenvalue weighted by Gasteiger charge is -2.33. The molecule has 1 aliphatic heterocycles. The number of para-hydroxylation sites is 1. The summed E-state index contributed by atoms with van der Waals surface area (Å²) in [4.78, 5) is 18.7. The Morgan fingerprint density at radius 3 is 2.91 bits per heavy atom. The predicted octanol–water partition coefficient (Wildman–Crippen LogP) is 2.76. The first-order valence-corrected chi connectivity index (χ1v) is 8.07. The topological polar surface area (TPSA) is 68.5 Å². The van der Waals surface area contributed by atoms with Gasteiger partial charge in [0, 0.05) is 13.0 Å². The number of hydrogen-bond acceptors (Lipinski definition) is 5. The van der Waals surface area contributed by atoms with Crippen LogP contribution in [0.5, 0.6) is 5.75 Å². The Morgan fingerprint density at radius 1 is 1.35 bits per heavy atom. The molecule has 122 valence electrons. The summed E-state index contributed by atoms with van der Waals surface area (Å²) in [6.07, 6.45) is 3.61. The molecule has 0 bridgehead atoms. The van der Waals surface area contributed by atoms with E-state index in [-0.39, 0.29) is 18.6 Å². The number of nitrogens with zero attached hydrogens (tertiary/aromatic N) is 3. The van der Waals surface area contributed by atoms with E-state index in [1.807, 2.05) is 37.3 Å². The summed E-state index contributed by atoms with van der Waals surface area (Å²) in [5.74, 6) is 1.86. The molecule has 0 spiro atoms. The van der Waals surface area contributed by atoms with Gasteiger partial charge in [-0.1, -0.05) is 30.3 Å². The molecule has 2 heterocycles. The van der Waals surface area contributed by atoms with Gasteiger partial charge in [-0.15, -0.1) is 0 Å². The third kappa shape index (κ3) is 3.70. The van der Waals surface area contributed by atoms with Crippen molar-refractivity contribution in [1.82, 2.24) is 15.0 Å². The van der Waals surface area contributed by atoms with Crippen molar-refractivity contribution in [2.24, 2.45) is 0 Å². The quantitative estimate of drug-likeness (QED) is 0.848. The van der Waals surface area contributed by atoms with Crippen molar-refractivity contribution < 1.29 is 14.1 Å². The minimum Gasteiger partial charge on any atom is -0.484 e. The van der Waals surface area contributed by atoms with E-state index < -0.39 is 0 Å². The van der Waals surface area contributed by atoms with E-state index in [0.29, 0.717) is 24.0 Å². The molecule has 1 amide bonds. The van der Waals surface area contributed by atoms with Crippen LogP contribution in [0, 0.1) is 0 Å². The van der Waals surface area contributed by atoms with E-state index >= 15 is 0 Å². The molecule has 0 N–H and O–H groups in total. The number of aromatic nitrogens is 2. The van der Waals surface area contributed by atoms with Crippen molar-refractivity contribution in [1.29, 1.82) is 0 Å². The maximum atomic E-state index is 12.5. The first kappa shape index (κ1) is 15.5. The van der Waals surface area contributed by atoms with Gasteiger partial charge in [0.05, 0.1) is 0 Å². The molecule has 1 fully saturated rings. The summed E-state index contributed by atoms with van der Waals surface area (Å²) in [5, 5.41) is 3.94. The molecule has 1 atom stereocenters. The number of ether oxygens (including phenoxy) is 1. The van der Waals surface area contributed by atoms with Crippen LogP contribution in [0.1, 0.15) is 43.9 Å². The van der Waals surface area contributed by atoms with Crippen molar-refractivity contribution in [2.75, 3.05) is 13.2 Å². The van der Waals surface area contributed by atoms with Gasteiger partial charge in [0.1, 0.15) is 11.8 Å². The fraction of sp³-hybridized carbons (Fsp3) is 0.471. The number of likely N-dealkylation sites (tertiary alicyclic amines) is 1.